The zero-order valence-corrected chi connectivity index (χ0v) is 10.7. The van der Waals surface area contributed by atoms with Gasteiger partial charge in [0.1, 0.15) is 0 Å². The Balaban J connectivity index is 2.13. The molecule has 1 aromatic heterocycles. The van der Waals surface area contributed by atoms with Gasteiger partial charge in [0.2, 0.25) is 0 Å². The van der Waals surface area contributed by atoms with Crippen molar-refractivity contribution in [1.82, 2.24) is 14.8 Å². The standard InChI is InChI=1S/C11H16N4OS/c1-15-10(16)13-14-11(15)17-9-6-4-2-3-5-8(9)7-12/h8-9H,2-6H2,1H3,(H,13,16). The van der Waals surface area contributed by atoms with Crippen molar-refractivity contribution in [2.45, 2.75) is 42.5 Å². The van der Waals surface area contributed by atoms with E-state index in [2.05, 4.69) is 16.3 Å². The van der Waals surface area contributed by atoms with Gasteiger partial charge in [0.25, 0.3) is 0 Å². The van der Waals surface area contributed by atoms with Gasteiger partial charge in [-0.2, -0.15) is 5.26 Å². The molecule has 6 heteroatoms. The van der Waals surface area contributed by atoms with Crippen molar-refractivity contribution in [2.24, 2.45) is 13.0 Å². The number of nitrogens with zero attached hydrogens (tertiary/aromatic N) is 3. The van der Waals surface area contributed by atoms with E-state index < -0.39 is 0 Å². The molecule has 0 spiro atoms. The second-order valence-corrected chi connectivity index (χ2v) is 5.61. The molecule has 0 bridgehead atoms. The summed E-state index contributed by atoms with van der Waals surface area (Å²) in [5.41, 5.74) is -0.199. The van der Waals surface area contributed by atoms with Gasteiger partial charge in [-0.1, -0.05) is 31.0 Å². The number of rotatable bonds is 2. The summed E-state index contributed by atoms with van der Waals surface area (Å²) in [6, 6.07) is 2.39. The predicted octanol–water partition coefficient (Wildman–Crippen LogP) is 1.67. The molecule has 92 valence electrons. The van der Waals surface area contributed by atoms with Crippen LogP contribution in [-0.2, 0) is 7.05 Å². The summed E-state index contributed by atoms with van der Waals surface area (Å²) in [5, 5.41) is 16.5. The van der Waals surface area contributed by atoms with Crippen LogP contribution < -0.4 is 5.69 Å². The second-order valence-electron chi connectivity index (χ2n) is 4.40. The fourth-order valence-electron chi connectivity index (χ4n) is 2.14. The van der Waals surface area contributed by atoms with Crippen molar-refractivity contribution in [3.05, 3.63) is 10.5 Å². The maximum Gasteiger partial charge on any atom is 0.343 e. The minimum absolute atomic E-state index is 0.0781. The van der Waals surface area contributed by atoms with E-state index in [1.807, 2.05) is 0 Å². The number of hydrogen-bond donors (Lipinski definition) is 1. The summed E-state index contributed by atoms with van der Waals surface area (Å²) >= 11 is 1.56. The molecule has 0 saturated heterocycles. The van der Waals surface area contributed by atoms with E-state index >= 15 is 0 Å². The third kappa shape index (κ3) is 2.72. The SMILES string of the molecule is Cn1c(SC2CCCCCC2C#N)n[nH]c1=O. The number of H-pyrrole nitrogens is 1. The van der Waals surface area contributed by atoms with Gasteiger partial charge in [-0.15, -0.1) is 5.10 Å². The Bertz CT molecular complexity index is 473. The quantitative estimate of drug-likeness (QED) is 0.812. The van der Waals surface area contributed by atoms with Crippen LogP contribution in [0, 0.1) is 17.2 Å². The smallest absolute Gasteiger partial charge is 0.273 e. The highest BCUT2D eigenvalue weighted by atomic mass is 32.2. The Hall–Kier alpha value is -1.22. The number of aromatic amines is 1. The largest absolute Gasteiger partial charge is 0.343 e. The molecule has 1 aromatic rings. The normalized spacial score (nSPS) is 25.2. The van der Waals surface area contributed by atoms with E-state index in [0.29, 0.717) is 5.16 Å². The first-order chi connectivity index (χ1) is 8.22. The lowest BCUT2D eigenvalue weighted by atomic mass is 10.0. The molecular formula is C11H16N4OS. The average molecular weight is 252 g/mol. The van der Waals surface area contributed by atoms with Crippen molar-refractivity contribution >= 4 is 11.8 Å². The lowest BCUT2D eigenvalue weighted by Gasteiger charge is -2.17. The molecule has 1 aliphatic carbocycles. The maximum absolute atomic E-state index is 11.3. The molecule has 5 nitrogen and oxygen atoms in total. The number of nitriles is 1. The zero-order valence-electron chi connectivity index (χ0n) is 9.85. The van der Waals surface area contributed by atoms with Crippen molar-refractivity contribution in [1.29, 1.82) is 5.26 Å². The Morgan fingerprint density at radius 3 is 2.88 bits per heavy atom. The number of thioether (sulfide) groups is 1. The van der Waals surface area contributed by atoms with Crippen molar-refractivity contribution < 1.29 is 0 Å². The Kier molecular flexibility index (Phi) is 3.89. The molecule has 1 aliphatic rings. The zero-order chi connectivity index (χ0) is 12.3. The average Bonchev–Trinajstić information content (AvgIpc) is 2.57. The molecule has 0 amide bonds. The molecule has 2 rings (SSSR count). The van der Waals surface area contributed by atoms with Crippen LogP contribution in [0.15, 0.2) is 9.95 Å². The molecule has 1 saturated carbocycles. The highest BCUT2D eigenvalue weighted by Gasteiger charge is 2.26. The molecule has 2 atom stereocenters. The summed E-state index contributed by atoms with van der Waals surface area (Å²) in [6.45, 7) is 0. The van der Waals surface area contributed by atoms with Crippen LogP contribution in [0.2, 0.25) is 0 Å². The first-order valence-electron chi connectivity index (χ1n) is 5.90. The van der Waals surface area contributed by atoms with Gasteiger partial charge >= 0.3 is 5.69 Å². The van der Waals surface area contributed by atoms with Gasteiger partial charge in [-0.25, -0.2) is 9.89 Å². The molecule has 17 heavy (non-hydrogen) atoms. The molecule has 1 fully saturated rings. The van der Waals surface area contributed by atoms with Gasteiger partial charge in [-0.3, -0.25) is 4.57 Å². The lowest BCUT2D eigenvalue weighted by molar-refractivity contribution is 0.582. The number of hydrogen-bond acceptors (Lipinski definition) is 4. The minimum Gasteiger partial charge on any atom is -0.273 e. The maximum atomic E-state index is 11.3. The minimum atomic E-state index is -0.199. The fourth-order valence-corrected chi connectivity index (χ4v) is 3.39. The van der Waals surface area contributed by atoms with Gasteiger partial charge in [0.05, 0.1) is 12.0 Å². The van der Waals surface area contributed by atoms with Crippen LogP contribution in [0.5, 0.6) is 0 Å². The summed E-state index contributed by atoms with van der Waals surface area (Å²) in [4.78, 5) is 11.3. The lowest BCUT2D eigenvalue weighted by Crippen LogP contribution is -2.17. The van der Waals surface area contributed by atoms with Crippen LogP contribution in [0.3, 0.4) is 0 Å². The van der Waals surface area contributed by atoms with Crippen LogP contribution >= 0.6 is 11.8 Å². The Morgan fingerprint density at radius 1 is 1.47 bits per heavy atom. The van der Waals surface area contributed by atoms with Crippen LogP contribution in [-0.4, -0.2) is 20.0 Å². The molecule has 2 unspecified atom stereocenters. The van der Waals surface area contributed by atoms with E-state index in [9.17, 15) is 10.1 Å². The summed E-state index contributed by atoms with van der Waals surface area (Å²) < 4.78 is 1.50. The second kappa shape index (κ2) is 5.41. The Labute approximate surface area is 104 Å². The molecule has 0 radical (unpaired) electrons. The third-order valence-electron chi connectivity index (χ3n) is 3.21. The molecule has 0 aliphatic heterocycles. The van der Waals surface area contributed by atoms with E-state index in [0.717, 1.165) is 25.7 Å². The molecular weight excluding hydrogens is 236 g/mol. The van der Waals surface area contributed by atoms with Crippen LogP contribution in [0.25, 0.3) is 0 Å². The van der Waals surface area contributed by atoms with Crippen molar-refractivity contribution in [3.63, 3.8) is 0 Å². The number of nitrogens with one attached hydrogen (secondary N) is 1. The van der Waals surface area contributed by atoms with E-state index in [-0.39, 0.29) is 16.9 Å². The van der Waals surface area contributed by atoms with Crippen LogP contribution in [0.1, 0.15) is 32.1 Å². The van der Waals surface area contributed by atoms with Gasteiger partial charge in [0.15, 0.2) is 5.16 Å². The van der Waals surface area contributed by atoms with Crippen molar-refractivity contribution in [3.8, 4) is 6.07 Å². The van der Waals surface area contributed by atoms with Crippen LogP contribution in [0.4, 0.5) is 0 Å². The van der Waals surface area contributed by atoms with E-state index in [1.165, 1.54) is 11.0 Å². The first-order valence-corrected chi connectivity index (χ1v) is 6.78. The summed E-state index contributed by atoms with van der Waals surface area (Å²) in [7, 11) is 1.70. The number of aromatic nitrogens is 3. The molecule has 0 aromatic carbocycles. The van der Waals surface area contributed by atoms with E-state index in [4.69, 9.17) is 0 Å². The topological polar surface area (TPSA) is 74.5 Å². The third-order valence-corrected chi connectivity index (χ3v) is 4.66. The Morgan fingerprint density at radius 2 is 2.24 bits per heavy atom. The van der Waals surface area contributed by atoms with Gasteiger partial charge in [0, 0.05) is 12.3 Å². The monoisotopic (exact) mass is 252 g/mol. The van der Waals surface area contributed by atoms with E-state index in [1.54, 1.807) is 18.8 Å². The predicted molar refractivity (Wildman–Crippen MR) is 65.7 cm³/mol. The van der Waals surface area contributed by atoms with Gasteiger partial charge < -0.3 is 0 Å². The van der Waals surface area contributed by atoms with Crippen molar-refractivity contribution in [2.75, 3.05) is 0 Å². The molecule has 1 heterocycles. The highest BCUT2D eigenvalue weighted by molar-refractivity contribution is 7.99. The highest BCUT2D eigenvalue weighted by Crippen LogP contribution is 2.34. The van der Waals surface area contributed by atoms with Gasteiger partial charge in [-0.05, 0) is 12.8 Å². The first kappa shape index (κ1) is 12.2. The molecule has 1 N–H and O–H groups in total. The fraction of sp³-hybridized carbons (Fsp3) is 0.727. The summed E-state index contributed by atoms with van der Waals surface area (Å²) in [5.74, 6) is 0.0781. The summed E-state index contributed by atoms with van der Waals surface area (Å²) in [6.07, 6.45) is 5.49.